The molecule has 1 aromatic rings. The SMILES string of the molecule is CC(NC(=O)C1CC1)c1nccs1. The van der Waals surface area contributed by atoms with Crippen LogP contribution < -0.4 is 5.32 Å². The molecular weight excluding hydrogens is 184 g/mol. The fourth-order valence-corrected chi connectivity index (χ4v) is 1.83. The second kappa shape index (κ2) is 3.46. The second-order valence-electron chi connectivity index (χ2n) is 3.37. The van der Waals surface area contributed by atoms with Gasteiger partial charge in [0.15, 0.2) is 0 Å². The van der Waals surface area contributed by atoms with E-state index < -0.39 is 0 Å². The summed E-state index contributed by atoms with van der Waals surface area (Å²) in [6, 6.07) is 0.0631. The van der Waals surface area contributed by atoms with Gasteiger partial charge in [0.25, 0.3) is 0 Å². The van der Waals surface area contributed by atoms with E-state index in [1.54, 1.807) is 17.5 Å². The second-order valence-corrected chi connectivity index (χ2v) is 4.30. The van der Waals surface area contributed by atoms with Crippen molar-refractivity contribution in [1.82, 2.24) is 10.3 Å². The Kier molecular flexibility index (Phi) is 2.31. The van der Waals surface area contributed by atoms with Crippen LogP contribution in [0.2, 0.25) is 0 Å². The smallest absolute Gasteiger partial charge is 0.223 e. The molecule has 70 valence electrons. The molecule has 0 aromatic carbocycles. The summed E-state index contributed by atoms with van der Waals surface area (Å²) in [4.78, 5) is 15.5. The Bertz CT molecular complexity index is 293. The first-order valence-corrected chi connectivity index (χ1v) is 5.35. The molecular formula is C9H12N2OS. The maximum Gasteiger partial charge on any atom is 0.223 e. The molecule has 1 N–H and O–H groups in total. The quantitative estimate of drug-likeness (QED) is 0.800. The zero-order chi connectivity index (χ0) is 9.26. The third-order valence-corrected chi connectivity index (χ3v) is 3.09. The number of carbonyl (C=O) groups is 1. The van der Waals surface area contributed by atoms with Crippen molar-refractivity contribution in [2.45, 2.75) is 25.8 Å². The average molecular weight is 196 g/mol. The van der Waals surface area contributed by atoms with E-state index in [0.29, 0.717) is 0 Å². The number of carbonyl (C=O) groups excluding carboxylic acids is 1. The van der Waals surface area contributed by atoms with Gasteiger partial charge < -0.3 is 5.32 Å². The molecule has 3 nitrogen and oxygen atoms in total. The summed E-state index contributed by atoms with van der Waals surface area (Å²) in [6.45, 7) is 1.97. The van der Waals surface area contributed by atoms with E-state index in [0.717, 1.165) is 17.8 Å². The maximum atomic E-state index is 11.4. The van der Waals surface area contributed by atoms with Crippen LogP contribution in [0.25, 0.3) is 0 Å². The molecule has 1 heterocycles. The van der Waals surface area contributed by atoms with Gasteiger partial charge in [0.05, 0.1) is 6.04 Å². The minimum atomic E-state index is 0.0631. The fraction of sp³-hybridized carbons (Fsp3) is 0.556. The van der Waals surface area contributed by atoms with Gasteiger partial charge in [-0.2, -0.15) is 0 Å². The zero-order valence-electron chi connectivity index (χ0n) is 7.49. The number of hydrogen-bond acceptors (Lipinski definition) is 3. The lowest BCUT2D eigenvalue weighted by atomic mass is 10.3. The van der Waals surface area contributed by atoms with Gasteiger partial charge in [-0.05, 0) is 19.8 Å². The highest BCUT2D eigenvalue weighted by atomic mass is 32.1. The first kappa shape index (κ1) is 8.69. The number of hydrogen-bond donors (Lipinski definition) is 1. The van der Waals surface area contributed by atoms with Gasteiger partial charge in [0.2, 0.25) is 5.91 Å². The molecule has 1 aliphatic carbocycles. The van der Waals surface area contributed by atoms with Gasteiger partial charge in [-0.15, -0.1) is 11.3 Å². The predicted molar refractivity (Wildman–Crippen MR) is 51.4 cm³/mol. The lowest BCUT2D eigenvalue weighted by Gasteiger charge is -2.09. The van der Waals surface area contributed by atoms with E-state index in [-0.39, 0.29) is 17.9 Å². The van der Waals surface area contributed by atoms with E-state index in [1.807, 2.05) is 12.3 Å². The fourth-order valence-electron chi connectivity index (χ4n) is 1.19. The van der Waals surface area contributed by atoms with Crippen molar-refractivity contribution in [2.24, 2.45) is 5.92 Å². The zero-order valence-corrected chi connectivity index (χ0v) is 8.30. The van der Waals surface area contributed by atoms with Crippen molar-refractivity contribution in [2.75, 3.05) is 0 Å². The number of thiazole rings is 1. The monoisotopic (exact) mass is 196 g/mol. The highest BCUT2D eigenvalue weighted by molar-refractivity contribution is 7.09. The molecule has 1 amide bonds. The summed E-state index contributed by atoms with van der Waals surface area (Å²) >= 11 is 1.58. The molecule has 1 fully saturated rings. The van der Waals surface area contributed by atoms with Gasteiger partial charge in [-0.25, -0.2) is 4.98 Å². The van der Waals surface area contributed by atoms with E-state index in [1.165, 1.54) is 0 Å². The van der Waals surface area contributed by atoms with E-state index in [2.05, 4.69) is 10.3 Å². The summed E-state index contributed by atoms with van der Waals surface area (Å²) in [5.74, 6) is 0.463. The van der Waals surface area contributed by atoms with Crippen molar-refractivity contribution in [3.8, 4) is 0 Å². The summed E-state index contributed by atoms with van der Waals surface area (Å²) in [7, 11) is 0. The van der Waals surface area contributed by atoms with E-state index >= 15 is 0 Å². The van der Waals surface area contributed by atoms with Crippen molar-refractivity contribution in [1.29, 1.82) is 0 Å². The van der Waals surface area contributed by atoms with Crippen molar-refractivity contribution in [3.05, 3.63) is 16.6 Å². The lowest BCUT2D eigenvalue weighted by molar-refractivity contribution is -0.122. The number of aromatic nitrogens is 1. The molecule has 1 aliphatic rings. The summed E-state index contributed by atoms with van der Waals surface area (Å²) in [5, 5.41) is 5.86. The highest BCUT2D eigenvalue weighted by Gasteiger charge is 2.30. The molecule has 0 spiro atoms. The van der Waals surface area contributed by atoms with Gasteiger partial charge in [-0.1, -0.05) is 0 Å². The molecule has 13 heavy (non-hydrogen) atoms. The standard InChI is InChI=1S/C9H12N2OS/c1-6(9-10-4-5-13-9)11-8(12)7-2-3-7/h4-7H,2-3H2,1H3,(H,11,12). The van der Waals surface area contributed by atoms with Crippen molar-refractivity contribution in [3.63, 3.8) is 0 Å². The molecule has 2 rings (SSSR count). The number of rotatable bonds is 3. The molecule has 0 radical (unpaired) electrons. The molecule has 0 bridgehead atoms. The Morgan fingerprint density at radius 3 is 3.08 bits per heavy atom. The third-order valence-electron chi connectivity index (χ3n) is 2.13. The third kappa shape index (κ3) is 2.06. The van der Waals surface area contributed by atoms with Crippen molar-refractivity contribution < 1.29 is 4.79 Å². The summed E-state index contributed by atoms with van der Waals surface area (Å²) < 4.78 is 0. The Balaban J connectivity index is 1.90. The molecule has 1 unspecified atom stereocenters. The number of nitrogens with zero attached hydrogens (tertiary/aromatic N) is 1. The van der Waals surface area contributed by atoms with Crippen molar-refractivity contribution >= 4 is 17.2 Å². The highest BCUT2D eigenvalue weighted by Crippen LogP contribution is 2.29. The van der Waals surface area contributed by atoms with Gasteiger partial charge >= 0.3 is 0 Å². The van der Waals surface area contributed by atoms with E-state index in [9.17, 15) is 4.79 Å². The molecule has 1 aromatic heterocycles. The molecule has 0 saturated heterocycles. The first-order valence-electron chi connectivity index (χ1n) is 4.47. The maximum absolute atomic E-state index is 11.4. The minimum Gasteiger partial charge on any atom is -0.347 e. The Morgan fingerprint density at radius 2 is 2.54 bits per heavy atom. The topological polar surface area (TPSA) is 42.0 Å². The van der Waals surface area contributed by atoms with Gasteiger partial charge in [0.1, 0.15) is 5.01 Å². The number of nitrogens with one attached hydrogen (secondary N) is 1. The normalized spacial score (nSPS) is 18.2. The van der Waals surface area contributed by atoms with Crippen LogP contribution in [0, 0.1) is 5.92 Å². The van der Waals surface area contributed by atoms with Crippen LogP contribution in [0.4, 0.5) is 0 Å². The summed E-state index contributed by atoms with van der Waals surface area (Å²) in [6.07, 6.45) is 3.87. The van der Waals surface area contributed by atoms with Gasteiger partial charge in [0, 0.05) is 17.5 Å². The minimum absolute atomic E-state index is 0.0631. The van der Waals surface area contributed by atoms with Crippen LogP contribution in [-0.2, 0) is 4.79 Å². The van der Waals surface area contributed by atoms with Crippen LogP contribution in [0.15, 0.2) is 11.6 Å². The molecule has 1 saturated carbocycles. The predicted octanol–water partition coefficient (Wildman–Crippen LogP) is 1.73. The molecule has 4 heteroatoms. The van der Waals surface area contributed by atoms with Crippen LogP contribution in [0.3, 0.4) is 0 Å². The largest absolute Gasteiger partial charge is 0.347 e. The molecule has 1 atom stereocenters. The van der Waals surface area contributed by atoms with Crippen LogP contribution >= 0.6 is 11.3 Å². The average Bonchev–Trinajstić information content (AvgIpc) is 2.81. The van der Waals surface area contributed by atoms with Gasteiger partial charge in [-0.3, -0.25) is 4.79 Å². The van der Waals surface area contributed by atoms with Crippen LogP contribution in [0.5, 0.6) is 0 Å². The molecule has 0 aliphatic heterocycles. The first-order chi connectivity index (χ1) is 6.27. The van der Waals surface area contributed by atoms with Crippen LogP contribution in [0.1, 0.15) is 30.8 Å². The number of amides is 1. The Morgan fingerprint density at radius 1 is 1.77 bits per heavy atom. The Labute approximate surface area is 81.2 Å². The van der Waals surface area contributed by atoms with E-state index in [4.69, 9.17) is 0 Å². The lowest BCUT2D eigenvalue weighted by Crippen LogP contribution is -2.27. The Hall–Kier alpha value is -0.900. The summed E-state index contributed by atoms with van der Waals surface area (Å²) in [5.41, 5.74) is 0. The van der Waals surface area contributed by atoms with Crippen LogP contribution in [-0.4, -0.2) is 10.9 Å².